The van der Waals surface area contributed by atoms with Crippen LogP contribution in [0.3, 0.4) is 0 Å². The maximum atomic E-state index is 12.2. The first-order chi connectivity index (χ1) is 11.3. The summed E-state index contributed by atoms with van der Waals surface area (Å²) in [6, 6.07) is 7.64. The van der Waals surface area contributed by atoms with Crippen LogP contribution in [0.1, 0.15) is 5.69 Å². The van der Waals surface area contributed by atoms with Gasteiger partial charge in [-0.05, 0) is 12.1 Å². The maximum Gasteiger partial charge on any atom is 0.271 e. The molecule has 0 radical (unpaired) electrons. The number of benzene rings is 1. The molecular formula is C16H17N5OS. The number of H-pyrrole nitrogens is 1. The zero-order chi connectivity index (χ0) is 15.6. The van der Waals surface area contributed by atoms with Gasteiger partial charge in [0.15, 0.2) is 5.13 Å². The summed E-state index contributed by atoms with van der Waals surface area (Å²) in [4.78, 5) is 28.6. The zero-order valence-electron chi connectivity index (χ0n) is 12.6. The van der Waals surface area contributed by atoms with E-state index in [0.29, 0.717) is 12.2 Å². The molecule has 23 heavy (non-hydrogen) atoms. The molecule has 7 heteroatoms. The lowest BCUT2D eigenvalue weighted by Crippen LogP contribution is -2.46. The van der Waals surface area contributed by atoms with E-state index >= 15 is 0 Å². The molecule has 1 saturated heterocycles. The molecule has 1 aromatic carbocycles. The number of rotatable bonds is 3. The molecule has 4 rings (SSSR count). The zero-order valence-corrected chi connectivity index (χ0v) is 13.4. The molecule has 0 spiro atoms. The maximum absolute atomic E-state index is 12.2. The molecule has 3 aromatic rings. The quantitative estimate of drug-likeness (QED) is 0.793. The van der Waals surface area contributed by atoms with Crippen molar-refractivity contribution in [2.45, 2.75) is 6.54 Å². The third-order valence-electron chi connectivity index (χ3n) is 4.11. The highest BCUT2D eigenvalue weighted by atomic mass is 32.1. The third kappa shape index (κ3) is 2.97. The Balaban J connectivity index is 1.47. The molecule has 3 heterocycles. The van der Waals surface area contributed by atoms with Crippen molar-refractivity contribution in [2.24, 2.45) is 0 Å². The Morgan fingerprint density at radius 3 is 2.78 bits per heavy atom. The lowest BCUT2D eigenvalue weighted by atomic mass is 10.2. The van der Waals surface area contributed by atoms with Crippen molar-refractivity contribution < 1.29 is 0 Å². The number of aromatic amines is 1. The summed E-state index contributed by atoms with van der Waals surface area (Å²) in [6.45, 7) is 4.27. The normalized spacial score (nSPS) is 16.1. The summed E-state index contributed by atoms with van der Waals surface area (Å²) in [5, 5.41) is 3.08. The van der Waals surface area contributed by atoms with Crippen LogP contribution in [0.4, 0.5) is 5.13 Å². The number of para-hydroxylation sites is 2. The number of fused-ring (bicyclic) bond motifs is 1. The number of hydrogen-bond donors (Lipinski definition) is 1. The van der Waals surface area contributed by atoms with Gasteiger partial charge in [-0.1, -0.05) is 12.1 Å². The first-order valence-electron chi connectivity index (χ1n) is 7.64. The van der Waals surface area contributed by atoms with Crippen LogP contribution in [0.5, 0.6) is 0 Å². The Labute approximate surface area is 137 Å². The predicted molar refractivity (Wildman–Crippen MR) is 92.0 cm³/mol. The number of aromatic nitrogens is 3. The van der Waals surface area contributed by atoms with Gasteiger partial charge in [-0.2, -0.15) is 0 Å². The fourth-order valence-corrected chi connectivity index (χ4v) is 3.55. The molecule has 0 aliphatic carbocycles. The van der Waals surface area contributed by atoms with Crippen molar-refractivity contribution in [2.75, 3.05) is 31.1 Å². The molecule has 0 unspecified atom stereocenters. The Kier molecular flexibility index (Phi) is 3.80. The Morgan fingerprint density at radius 2 is 2.00 bits per heavy atom. The monoisotopic (exact) mass is 327 g/mol. The van der Waals surface area contributed by atoms with Crippen molar-refractivity contribution in [3.63, 3.8) is 0 Å². The van der Waals surface area contributed by atoms with E-state index in [1.165, 1.54) is 0 Å². The number of piperazine rings is 1. The lowest BCUT2D eigenvalue weighted by Gasteiger charge is -2.34. The topological polar surface area (TPSA) is 65.1 Å². The summed E-state index contributed by atoms with van der Waals surface area (Å²) in [6.07, 6.45) is 1.84. The van der Waals surface area contributed by atoms with Gasteiger partial charge in [-0.25, -0.2) is 9.97 Å². The second-order valence-corrected chi connectivity index (χ2v) is 6.48. The molecule has 1 aliphatic heterocycles. The van der Waals surface area contributed by atoms with Gasteiger partial charge in [0.2, 0.25) is 0 Å². The predicted octanol–water partition coefficient (Wildman–Crippen LogP) is 1.70. The Hall–Kier alpha value is -2.25. The number of hydrogen-bond acceptors (Lipinski definition) is 6. The van der Waals surface area contributed by atoms with Gasteiger partial charge >= 0.3 is 0 Å². The molecule has 1 N–H and O–H groups in total. The molecule has 0 atom stereocenters. The summed E-state index contributed by atoms with van der Waals surface area (Å²) in [7, 11) is 0. The van der Waals surface area contributed by atoms with Crippen LogP contribution in [0.15, 0.2) is 40.6 Å². The van der Waals surface area contributed by atoms with Gasteiger partial charge in [0.25, 0.3) is 5.56 Å². The standard InChI is InChI=1S/C16H17N5OS/c22-15-14(18-12-3-1-2-4-13(12)19-15)11-20-6-8-21(9-7-20)16-17-5-10-23-16/h1-5,10H,6-9,11H2,(H,19,22). The van der Waals surface area contributed by atoms with E-state index in [2.05, 4.69) is 24.8 Å². The molecule has 6 nitrogen and oxygen atoms in total. The summed E-state index contributed by atoms with van der Waals surface area (Å²) >= 11 is 1.67. The van der Waals surface area contributed by atoms with Crippen molar-refractivity contribution in [3.8, 4) is 0 Å². The average Bonchev–Trinajstić information content (AvgIpc) is 3.11. The molecule has 0 saturated carbocycles. The second-order valence-electron chi connectivity index (χ2n) is 5.61. The van der Waals surface area contributed by atoms with E-state index < -0.39 is 0 Å². The van der Waals surface area contributed by atoms with Crippen molar-refractivity contribution in [3.05, 3.63) is 51.9 Å². The van der Waals surface area contributed by atoms with Crippen molar-refractivity contribution >= 4 is 27.5 Å². The highest BCUT2D eigenvalue weighted by Crippen LogP contribution is 2.19. The summed E-state index contributed by atoms with van der Waals surface area (Å²) < 4.78 is 0. The van der Waals surface area contributed by atoms with Crippen LogP contribution < -0.4 is 10.5 Å². The van der Waals surface area contributed by atoms with E-state index in [9.17, 15) is 4.79 Å². The minimum absolute atomic E-state index is 0.0916. The van der Waals surface area contributed by atoms with Gasteiger partial charge in [0, 0.05) is 44.3 Å². The summed E-state index contributed by atoms with van der Waals surface area (Å²) in [5.74, 6) is 0. The molecule has 1 fully saturated rings. The Morgan fingerprint density at radius 1 is 1.17 bits per heavy atom. The first kappa shape index (κ1) is 14.3. The molecule has 2 aromatic heterocycles. The lowest BCUT2D eigenvalue weighted by molar-refractivity contribution is 0.246. The molecule has 0 bridgehead atoms. The number of nitrogens with zero attached hydrogens (tertiary/aromatic N) is 4. The fraction of sp³-hybridized carbons (Fsp3) is 0.312. The van der Waals surface area contributed by atoms with Gasteiger partial charge < -0.3 is 9.88 Å². The minimum atomic E-state index is -0.0916. The highest BCUT2D eigenvalue weighted by Gasteiger charge is 2.20. The highest BCUT2D eigenvalue weighted by molar-refractivity contribution is 7.13. The van der Waals surface area contributed by atoms with E-state index in [1.54, 1.807) is 11.3 Å². The first-order valence-corrected chi connectivity index (χ1v) is 8.52. The van der Waals surface area contributed by atoms with Crippen LogP contribution in [-0.4, -0.2) is 46.0 Å². The number of nitrogens with one attached hydrogen (secondary N) is 1. The molecule has 0 amide bonds. The van der Waals surface area contributed by atoms with Gasteiger partial charge in [0.05, 0.1) is 11.0 Å². The van der Waals surface area contributed by atoms with Gasteiger partial charge in [-0.3, -0.25) is 9.69 Å². The van der Waals surface area contributed by atoms with E-state index in [0.717, 1.165) is 42.3 Å². The molecule has 1 aliphatic rings. The van der Waals surface area contributed by atoms with Crippen molar-refractivity contribution in [1.82, 2.24) is 19.9 Å². The van der Waals surface area contributed by atoms with Crippen LogP contribution in [0.2, 0.25) is 0 Å². The molecule has 118 valence electrons. The van der Waals surface area contributed by atoms with E-state index in [4.69, 9.17) is 0 Å². The van der Waals surface area contributed by atoms with Crippen LogP contribution in [0, 0.1) is 0 Å². The average molecular weight is 327 g/mol. The smallest absolute Gasteiger partial charge is 0.271 e. The second kappa shape index (κ2) is 6.10. The third-order valence-corrected chi connectivity index (χ3v) is 4.94. The summed E-state index contributed by atoms with van der Waals surface area (Å²) in [5.41, 5.74) is 2.12. The van der Waals surface area contributed by atoms with Crippen LogP contribution in [0.25, 0.3) is 11.0 Å². The van der Waals surface area contributed by atoms with Crippen LogP contribution >= 0.6 is 11.3 Å². The largest absolute Gasteiger partial charge is 0.346 e. The van der Waals surface area contributed by atoms with Gasteiger partial charge in [0.1, 0.15) is 5.69 Å². The van der Waals surface area contributed by atoms with Gasteiger partial charge in [-0.15, -0.1) is 11.3 Å². The number of anilines is 1. The number of thiazole rings is 1. The van der Waals surface area contributed by atoms with Crippen LogP contribution in [-0.2, 0) is 6.54 Å². The SMILES string of the molecule is O=c1[nH]c2ccccc2nc1CN1CCN(c2nccs2)CC1. The van der Waals surface area contributed by atoms with E-state index in [1.807, 2.05) is 35.8 Å². The Bertz CT molecular complexity index is 852. The molecular weight excluding hydrogens is 310 g/mol. The fourth-order valence-electron chi connectivity index (χ4n) is 2.86. The van der Waals surface area contributed by atoms with E-state index in [-0.39, 0.29) is 5.56 Å². The van der Waals surface area contributed by atoms with Crippen molar-refractivity contribution in [1.29, 1.82) is 0 Å². The minimum Gasteiger partial charge on any atom is -0.346 e.